The van der Waals surface area contributed by atoms with Crippen molar-refractivity contribution in [2.75, 3.05) is 11.9 Å². The summed E-state index contributed by atoms with van der Waals surface area (Å²) in [5, 5.41) is 0. The van der Waals surface area contributed by atoms with Crippen LogP contribution in [0.3, 0.4) is 0 Å². The Morgan fingerprint density at radius 2 is 2.05 bits per heavy atom. The topological polar surface area (TPSA) is 42.1 Å². The highest BCUT2D eigenvalue weighted by Gasteiger charge is 2.11. The highest BCUT2D eigenvalue weighted by molar-refractivity contribution is 5.47. The first-order chi connectivity index (χ1) is 10.1. The number of aryl methyl sites for hydroxylation is 1. The Bertz CT molecular complexity index is 580. The number of aromatic nitrogens is 1. The molecule has 112 valence electrons. The van der Waals surface area contributed by atoms with Gasteiger partial charge in [-0.1, -0.05) is 42.8 Å². The van der Waals surface area contributed by atoms with Gasteiger partial charge in [0.05, 0.1) is 0 Å². The molecule has 3 heteroatoms. The average molecular weight is 283 g/mol. The quantitative estimate of drug-likeness (QED) is 0.884. The van der Waals surface area contributed by atoms with Gasteiger partial charge in [0.25, 0.3) is 0 Å². The molecule has 3 nitrogen and oxygen atoms in total. The van der Waals surface area contributed by atoms with Gasteiger partial charge in [0.1, 0.15) is 5.82 Å². The molecule has 1 aromatic carbocycles. The molecule has 0 fully saturated rings. The maximum Gasteiger partial charge on any atom is 0.131 e. The van der Waals surface area contributed by atoms with Crippen molar-refractivity contribution in [2.24, 2.45) is 5.73 Å². The lowest BCUT2D eigenvalue weighted by Gasteiger charge is -2.22. The minimum atomic E-state index is 0.195. The van der Waals surface area contributed by atoms with Gasteiger partial charge in [0, 0.05) is 25.8 Å². The van der Waals surface area contributed by atoms with E-state index in [1.165, 1.54) is 16.7 Å². The van der Waals surface area contributed by atoms with Crippen LogP contribution in [-0.4, -0.2) is 18.1 Å². The van der Waals surface area contributed by atoms with E-state index in [0.29, 0.717) is 0 Å². The molecule has 1 aromatic heterocycles. The normalized spacial score (nSPS) is 12.2. The minimum Gasteiger partial charge on any atom is -0.355 e. The van der Waals surface area contributed by atoms with E-state index in [2.05, 4.69) is 61.1 Å². The SMILES string of the molecule is CCC(N)Cc1cccnc1N(C)Cc1cccc(C)c1. The van der Waals surface area contributed by atoms with Gasteiger partial charge in [0.15, 0.2) is 0 Å². The van der Waals surface area contributed by atoms with Gasteiger partial charge in [-0.25, -0.2) is 4.98 Å². The molecule has 0 aliphatic carbocycles. The highest BCUT2D eigenvalue weighted by Crippen LogP contribution is 2.20. The number of nitrogens with zero attached hydrogens (tertiary/aromatic N) is 2. The first-order valence-electron chi connectivity index (χ1n) is 7.56. The molecule has 0 saturated carbocycles. The summed E-state index contributed by atoms with van der Waals surface area (Å²) in [6.45, 7) is 5.10. The van der Waals surface area contributed by atoms with Crippen LogP contribution < -0.4 is 10.6 Å². The molecule has 1 unspecified atom stereocenters. The molecule has 21 heavy (non-hydrogen) atoms. The number of anilines is 1. The summed E-state index contributed by atoms with van der Waals surface area (Å²) in [6.07, 6.45) is 3.71. The molecule has 0 bridgehead atoms. The lowest BCUT2D eigenvalue weighted by atomic mass is 10.0. The lowest BCUT2D eigenvalue weighted by molar-refractivity contribution is 0.643. The summed E-state index contributed by atoms with van der Waals surface area (Å²) >= 11 is 0. The summed E-state index contributed by atoms with van der Waals surface area (Å²) < 4.78 is 0. The Balaban J connectivity index is 2.17. The highest BCUT2D eigenvalue weighted by atomic mass is 15.2. The molecule has 1 heterocycles. The van der Waals surface area contributed by atoms with Crippen LogP contribution in [-0.2, 0) is 13.0 Å². The number of nitrogens with two attached hydrogens (primary N) is 1. The second-order valence-corrected chi connectivity index (χ2v) is 5.70. The van der Waals surface area contributed by atoms with Crippen molar-refractivity contribution < 1.29 is 0 Å². The molecule has 0 spiro atoms. The van der Waals surface area contributed by atoms with E-state index in [1.54, 1.807) is 0 Å². The van der Waals surface area contributed by atoms with Gasteiger partial charge in [-0.2, -0.15) is 0 Å². The fourth-order valence-corrected chi connectivity index (χ4v) is 2.52. The van der Waals surface area contributed by atoms with Crippen LogP contribution in [0, 0.1) is 6.92 Å². The van der Waals surface area contributed by atoms with Gasteiger partial charge in [-0.05, 0) is 37.0 Å². The number of hydrogen-bond acceptors (Lipinski definition) is 3. The van der Waals surface area contributed by atoms with Crippen LogP contribution in [0.5, 0.6) is 0 Å². The van der Waals surface area contributed by atoms with Crippen molar-refractivity contribution in [3.8, 4) is 0 Å². The monoisotopic (exact) mass is 283 g/mol. The van der Waals surface area contributed by atoms with E-state index >= 15 is 0 Å². The Morgan fingerprint density at radius 3 is 2.76 bits per heavy atom. The fourth-order valence-electron chi connectivity index (χ4n) is 2.52. The van der Waals surface area contributed by atoms with Crippen LogP contribution >= 0.6 is 0 Å². The average Bonchev–Trinajstić information content (AvgIpc) is 2.47. The molecular formula is C18H25N3. The third-order valence-electron chi connectivity index (χ3n) is 3.74. The molecule has 2 aromatic rings. The van der Waals surface area contributed by atoms with Crippen molar-refractivity contribution in [1.82, 2.24) is 4.98 Å². The molecule has 0 saturated heterocycles. The Labute approximate surface area is 127 Å². The van der Waals surface area contributed by atoms with Crippen molar-refractivity contribution in [3.05, 3.63) is 59.3 Å². The first kappa shape index (κ1) is 15.5. The van der Waals surface area contributed by atoms with Crippen LogP contribution in [0.4, 0.5) is 5.82 Å². The van der Waals surface area contributed by atoms with Crippen LogP contribution in [0.1, 0.15) is 30.0 Å². The van der Waals surface area contributed by atoms with E-state index in [-0.39, 0.29) is 6.04 Å². The zero-order valence-electron chi connectivity index (χ0n) is 13.2. The summed E-state index contributed by atoms with van der Waals surface area (Å²) in [5.74, 6) is 1.03. The van der Waals surface area contributed by atoms with E-state index in [9.17, 15) is 0 Å². The summed E-state index contributed by atoms with van der Waals surface area (Å²) in [4.78, 5) is 6.76. The minimum absolute atomic E-state index is 0.195. The molecule has 0 radical (unpaired) electrons. The Kier molecular flexibility index (Phi) is 5.34. The maximum absolute atomic E-state index is 6.10. The third kappa shape index (κ3) is 4.30. The number of benzene rings is 1. The van der Waals surface area contributed by atoms with Crippen LogP contribution in [0.15, 0.2) is 42.6 Å². The number of rotatable bonds is 6. The van der Waals surface area contributed by atoms with Gasteiger partial charge in [-0.15, -0.1) is 0 Å². The first-order valence-corrected chi connectivity index (χ1v) is 7.56. The van der Waals surface area contributed by atoms with Crippen LogP contribution in [0.25, 0.3) is 0 Å². The standard InChI is InChI=1S/C18H25N3/c1-4-17(19)12-16-9-6-10-20-18(16)21(3)13-15-8-5-7-14(2)11-15/h5-11,17H,4,12-13,19H2,1-3H3. The largest absolute Gasteiger partial charge is 0.355 e. The Morgan fingerprint density at radius 1 is 1.24 bits per heavy atom. The molecule has 0 aliphatic heterocycles. The summed E-state index contributed by atoms with van der Waals surface area (Å²) in [7, 11) is 2.09. The van der Waals surface area contributed by atoms with Gasteiger partial charge in [0.2, 0.25) is 0 Å². The lowest BCUT2D eigenvalue weighted by Crippen LogP contribution is -2.25. The zero-order valence-corrected chi connectivity index (χ0v) is 13.2. The molecular weight excluding hydrogens is 258 g/mol. The van der Waals surface area contributed by atoms with Gasteiger partial charge in [-0.3, -0.25) is 0 Å². The molecule has 2 N–H and O–H groups in total. The van der Waals surface area contributed by atoms with Gasteiger partial charge >= 0.3 is 0 Å². The van der Waals surface area contributed by atoms with Crippen molar-refractivity contribution in [2.45, 2.75) is 39.3 Å². The second kappa shape index (κ2) is 7.23. The fraction of sp³-hybridized carbons (Fsp3) is 0.389. The second-order valence-electron chi connectivity index (χ2n) is 5.70. The molecule has 0 aliphatic rings. The molecule has 2 rings (SSSR count). The van der Waals surface area contributed by atoms with E-state index in [4.69, 9.17) is 5.73 Å². The van der Waals surface area contributed by atoms with Gasteiger partial charge < -0.3 is 10.6 Å². The molecule has 1 atom stereocenters. The van der Waals surface area contributed by atoms with Crippen molar-refractivity contribution >= 4 is 5.82 Å². The Hall–Kier alpha value is -1.87. The smallest absolute Gasteiger partial charge is 0.131 e. The predicted octanol–water partition coefficient (Wildman–Crippen LogP) is 3.31. The van der Waals surface area contributed by atoms with Crippen molar-refractivity contribution in [3.63, 3.8) is 0 Å². The van der Waals surface area contributed by atoms with Crippen LogP contribution in [0.2, 0.25) is 0 Å². The van der Waals surface area contributed by atoms with E-state index < -0.39 is 0 Å². The number of pyridine rings is 1. The van der Waals surface area contributed by atoms with E-state index in [1.807, 2.05) is 12.3 Å². The number of hydrogen-bond donors (Lipinski definition) is 1. The third-order valence-corrected chi connectivity index (χ3v) is 3.74. The summed E-state index contributed by atoms with van der Waals surface area (Å²) in [6, 6.07) is 12.9. The predicted molar refractivity (Wildman–Crippen MR) is 89.5 cm³/mol. The zero-order chi connectivity index (χ0) is 15.2. The van der Waals surface area contributed by atoms with Crippen molar-refractivity contribution in [1.29, 1.82) is 0 Å². The molecule has 0 amide bonds. The summed E-state index contributed by atoms with van der Waals surface area (Å²) in [5.41, 5.74) is 9.91. The maximum atomic E-state index is 6.10. The van der Waals surface area contributed by atoms with E-state index in [0.717, 1.165) is 25.2 Å².